The first-order valence-electron chi connectivity index (χ1n) is 9.21. The summed E-state index contributed by atoms with van der Waals surface area (Å²) in [6.07, 6.45) is 0. The smallest absolute Gasteiger partial charge is 0.241 e. The maximum absolute atomic E-state index is 13.3. The SMILES string of the molecule is Cc1ccc(S[C@@H]2C(=O)N(C)c3ccccc3[C@@H]2c2ccc(C)cc2)cc1. The molecular weight excluding hydrogens is 350 g/mol. The van der Waals surface area contributed by atoms with E-state index in [-0.39, 0.29) is 17.1 Å². The topological polar surface area (TPSA) is 20.3 Å². The maximum Gasteiger partial charge on any atom is 0.241 e. The second-order valence-electron chi connectivity index (χ2n) is 7.20. The highest BCUT2D eigenvalue weighted by atomic mass is 32.2. The van der Waals surface area contributed by atoms with Crippen LogP contribution >= 0.6 is 11.8 Å². The van der Waals surface area contributed by atoms with Crippen molar-refractivity contribution in [3.63, 3.8) is 0 Å². The second-order valence-corrected chi connectivity index (χ2v) is 8.41. The lowest BCUT2D eigenvalue weighted by atomic mass is 9.83. The Hall–Kier alpha value is -2.52. The zero-order chi connectivity index (χ0) is 19.0. The van der Waals surface area contributed by atoms with Crippen molar-refractivity contribution < 1.29 is 4.79 Å². The van der Waals surface area contributed by atoms with Crippen molar-refractivity contribution in [1.29, 1.82) is 0 Å². The number of hydrogen-bond acceptors (Lipinski definition) is 2. The molecule has 0 unspecified atom stereocenters. The number of thioether (sulfide) groups is 1. The van der Waals surface area contributed by atoms with E-state index < -0.39 is 0 Å². The predicted octanol–water partition coefficient (Wildman–Crippen LogP) is 5.57. The molecule has 0 saturated heterocycles. The highest BCUT2D eigenvalue weighted by Gasteiger charge is 2.40. The van der Waals surface area contributed by atoms with Crippen molar-refractivity contribution in [3.8, 4) is 0 Å². The number of rotatable bonds is 3. The standard InChI is InChI=1S/C24H23NOS/c1-16-8-12-18(13-9-16)22-20-6-4-5-7-21(20)25(3)24(26)23(22)27-19-14-10-17(2)11-15-19/h4-15,22-23H,1-3H3/t22-,23-/m0/s1. The summed E-state index contributed by atoms with van der Waals surface area (Å²) in [7, 11) is 1.88. The average Bonchev–Trinajstić information content (AvgIpc) is 2.69. The molecule has 3 heteroatoms. The third-order valence-corrected chi connectivity index (χ3v) is 6.50. The number of anilines is 1. The first-order chi connectivity index (χ1) is 13.0. The van der Waals surface area contributed by atoms with Gasteiger partial charge in [0.05, 0.1) is 5.25 Å². The van der Waals surface area contributed by atoms with E-state index in [2.05, 4.69) is 74.5 Å². The van der Waals surface area contributed by atoms with E-state index in [1.165, 1.54) is 22.3 Å². The molecule has 0 N–H and O–H groups in total. The minimum atomic E-state index is -0.185. The van der Waals surface area contributed by atoms with Crippen molar-refractivity contribution >= 4 is 23.4 Å². The van der Waals surface area contributed by atoms with Crippen LogP contribution in [0.3, 0.4) is 0 Å². The van der Waals surface area contributed by atoms with Crippen LogP contribution in [0.4, 0.5) is 5.69 Å². The van der Waals surface area contributed by atoms with Gasteiger partial charge in [-0.05, 0) is 43.2 Å². The summed E-state index contributed by atoms with van der Waals surface area (Å²) in [4.78, 5) is 16.3. The van der Waals surface area contributed by atoms with Crippen LogP contribution in [0, 0.1) is 13.8 Å². The molecule has 136 valence electrons. The fraction of sp³-hybridized carbons (Fsp3) is 0.208. The molecule has 1 amide bonds. The van der Waals surface area contributed by atoms with Gasteiger partial charge in [-0.3, -0.25) is 4.79 Å². The van der Waals surface area contributed by atoms with Gasteiger partial charge in [0, 0.05) is 23.5 Å². The minimum Gasteiger partial charge on any atom is -0.314 e. The Labute approximate surface area is 165 Å². The van der Waals surface area contributed by atoms with E-state index >= 15 is 0 Å². The highest BCUT2D eigenvalue weighted by molar-refractivity contribution is 8.00. The van der Waals surface area contributed by atoms with E-state index in [1.807, 2.05) is 24.1 Å². The van der Waals surface area contributed by atoms with Gasteiger partial charge in [0.1, 0.15) is 0 Å². The number of nitrogens with zero attached hydrogens (tertiary/aromatic N) is 1. The summed E-state index contributed by atoms with van der Waals surface area (Å²) < 4.78 is 0. The van der Waals surface area contributed by atoms with Gasteiger partial charge in [-0.1, -0.05) is 65.7 Å². The lowest BCUT2D eigenvalue weighted by Crippen LogP contribution is -2.43. The lowest BCUT2D eigenvalue weighted by molar-refractivity contribution is -0.118. The summed E-state index contributed by atoms with van der Waals surface area (Å²) in [5.41, 5.74) is 5.88. The van der Waals surface area contributed by atoms with Crippen molar-refractivity contribution in [2.24, 2.45) is 0 Å². The van der Waals surface area contributed by atoms with E-state index in [4.69, 9.17) is 0 Å². The van der Waals surface area contributed by atoms with Crippen LogP contribution in [-0.4, -0.2) is 18.2 Å². The number of aryl methyl sites for hydroxylation is 2. The molecular formula is C24H23NOS. The van der Waals surface area contributed by atoms with Gasteiger partial charge in [-0.15, -0.1) is 11.8 Å². The molecule has 0 radical (unpaired) electrons. The Morgan fingerprint density at radius 2 is 1.41 bits per heavy atom. The van der Waals surface area contributed by atoms with Gasteiger partial charge < -0.3 is 4.90 Å². The molecule has 0 aromatic heterocycles. The van der Waals surface area contributed by atoms with Gasteiger partial charge in [0.15, 0.2) is 0 Å². The summed E-state index contributed by atoms with van der Waals surface area (Å²) in [5, 5.41) is -0.185. The average molecular weight is 374 g/mol. The van der Waals surface area contributed by atoms with Crippen LogP contribution in [0.2, 0.25) is 0 Å². The molecule has 0 bridgehead atoms. The monoisotopic (exact) mass is 373 g/mol. The van der Waals surface area contributed by atoms with Gasteiger partial charge >= 0.3 is 0 Å². The van der Waals surface area contributed by atoms with Gasteiger partial charge in [0.25, 0.3) is 0 Å². The summed E-state index contributed by atoms with van der Waals surface area (Å²) in [5.74, 6) is 0.196. The number of carbonyl (C=O) groups is 1. The number of hydrogen-bond donors (Lipinski definition) is 0. The van der Waals surface area contributed by atoms with Crippen LogP contribution in [0.5, 0.6) is 0 Å². The molecule has 2 nitrogen and oxygen atoms in total. The number of para-hydroxylation sites is 1. The number of amides is 1. The van der Waals surface area contributed by atoms with Crippen molar-refractivity contribution in [3.05, 3.63) is 95.1 Å². The molecule has 1 heterocycles. The second kappa shape index (κ2) is 7.24. The number of benzene rings is 3. The van der Waals surface area contributed by atoms with E-state index in [1.54, 1.807) is 11.8 Å². The Bertz CT molecular complexity index is 962. The molecule has 3 aromatic carbocycles. The maximum atomic E-state index is 13.3. The molecule has 0 aliphatic carbocycles. The zero-order valence-corrected chi connectivity index (χ0v) is 16.7. The van der Waals surface area contributed by atoms with Crippen LogP contribution in [0.1, 0.15) is 28.2 Å². The molecule has 0 saturated carbocycles. The van der Waals surface area contributed by atoms with E-state index in [0.29, 0.717) is 0 Å². The summed E-state index contributed by atoms with van der Waals surface area (Å²) in [6, 6.07) is 25.3. The zero-order valence-electron chi connectivity index (χ0n) is 15.8. The number of fused-ring (bicyclic) bond motifs is 1. The molecule has 3 aromatic rings. The first-order valence-corrected chi connectivity index (χ1v) is 10.1. The normalized spacial score (nSPS) is 19.1. The van der Waals surface area contributed by atoms with Crippen LogP contribution < -0.4 is 4.90 Å². The molecule has 27 heavy (non-hydrogen) atoms. The van der Waals surface area contributed by atoms with Crippen molar-refractivity contribution in [2.45, 2.75) is 29.9 Å². The van der Waals surface area contributed by atoms with E-state index in [0.717, 1.165) is 10.6 Å². The van der Waals surface area contributed by atoms with Crippen LogP contribution in [0.25, 0.3) is 0 Å². The summed E-state index contributed by atoms with van der Waals surface area (Å²) in [6.45, 7) is 4.18. The number of carbonyl (C=O) groups excluding carboxylic acids is 1. The largest absolute Gasteiger partial charge is 0.314 e. The Kier molecular flexibility index (Phi) is 4.79. The van der Waals surface area contributed by atoms with Crippen molar-refractivity contribution in [1.82, 2.24) is 0 Å². The molecule has 4 rings (SSSR count). The Morgan fingerprint density at radius 1 is 0.815 bits per heavy atom. The molecule has 0 spiro atoms. The Morgan fingerprint density at radius 3 is 2.07 bits per heavy atom. The summed E-state index contributed by atoms with van der Waals surface area (Å²) >= 11 is 1.66. The fourth-order valence-corrected chi connectivity index (χ4v) is 4.97. The molecule has 1 aliphatic rings. The fourth-order valence-electron chi connectivity index (χ4n) is 3.68. The van der Waals surface area contributed by atoms with E-state index in [9.17, 15) is 4.79 Å². The van der Waals surface area contributed by atoms with Crippen LogP contribution in [-0.2, 0) is 4.79 Å². The quantitative estimate of drug-likeness (QED) is 0.598. The highest BCUT2D eigenvalue weighted by Crippen LogP contribution is 2.46. The first kappa shape index (κ1) is 17.9. The minimum absolute atomic E-state index is 0.0387. The van der Waals surface area contributed by atoms with Gasteiger partial charge in [-0.2, -0.15) is 0 Å². The van der Waals surface area contributed by atoms with Gasteiger partial charge in [0.2, 0.25) is 5.91 Å². The molecule has 0 fully saturated rings. The van der Waals surface area contributed by atoms with Crippen LogP contribution in [0.15, 0.2) is 77.7 Å². The Balaban J connectivity index is 1.82. The molecule has 2 atom stereocenters. The van der Waals surface area contributed by atoms with Crippen molar-refractivity contribution in [2.75, 3.05) is 11.9 Å². The van der Waals surface area contributed by atoms with Gasteiger partial charge in [-0.25, -0.2) is 0 Å². The predicted molar refractivity (Wildman–Crippen MR) is 114 cm³/mol. The lowest BCUT2D eigenvalue weighted by Gasteiger charge is -2.37. The third kappa shape index (κ3) is 3.40. The molecule has 1 aliphatic heterocycles. The third-order valence-electron chi connectivity index (χ3n) is 5.23.